The first-order valence-electron chi connectivity index (χ1n) is 5.38. The number of fused-ring (bicyclic) bond motifs is 1. The van der Waals surface area contributed by atoms with Crippen LogP contribution in [0.1, 0.15) is 6.92 Å². The molecule has 1 aromatic heterocycles. The predicted molar refractivity (Wildman–Crippen MR) is 66.8 cm³/mol. The Hall–Kier alpha value is -1.60. The lowest BCUT2D eigenvalue weighted by Gasteiger charge is -2.11. The number of aromatic nitrogens is 2. The molecular formula is C11H14N2O4S. The van der Waals surface area contributed by atoms with Crippen molar-refractivity contribution in [2.24, 2.45) is 0 Å². The second-order valence-corrected chi connectivity index (χ2v) is 5.78. The van der Waals surface area contributed by atoms with E-state index < -0.39 is 16.2 Å². The summed E-state index contributed by atoms with van der Waals surface area (Å²) < 4.78 is 28.4. The Balaban J connectivity index is 2.24. The van der Waals surface area contributed by atoms with E-state index in [4.69, 9.17) is 4.18 Å². The van der Waals surface area contributed by atoms with E-state index in [0.717, 1.165) is 17.2 Å². The van der Waals surface area contributed by atoms with Crippen molar-refractivity contribution in [1.82, 2.24) is 9.78 Å². The summed E-state index contributed by atoms with van der Waals surface area (Å²) in [7, 11) is -3.48. The maximum absolute atomic E-state index is 11.0. The third-order valence-electron chi connectivity index (χ3n) is 2.40. The molecule has 0 radical (unpaired) electrons. The maximum Gasteiger partial charge on any atom is 0.264 e. The van der Waals surface area contributed by atoms with Crippen LogP contribution in [0.3, 0.4) is 0 Å². The van der Waals surface area contributed by atoms with Gasteiger partial charge in [-0.25, -0.2) is 0 Å². The Bertz CT molecular complexity index is 663. The van der Waals surface area contributed by atoms with Crippen LogP contribution in [-0.2, 0) is 20.8 Å². The standard InChI is InChI=1S/C11H14N2O4S/c1-8(17-18(2,15)16)7-13-11-5-10(14)4-3-9(11)6-12-13/h3-6,8,14H,7H2,1-2H3/t8-/m1/s1. The van der Waals surface area contributed by atoms with Crippen molar-refractivity contribution in [3.8, 4) is 5.75 Å². The Labute approximate surface area is 105 Å². The van der Waals surface area contributed by atoms with E-state index in [-0.39, 0.29) is 5.75 Å². The third kappa shape index (κ3) is 2.99. The molecule has 0 bridgehead atoms. The highest BCUT2D eigenvalue weighted by atomic mass is 32.2. The first-order valence-corrected chi connectivity index (χ1v) is 7.19. The van der Waals surface area contributed by atoms with Gasteiger partial charge in [0.05, 0.1) is 30.6 Å². The summed E-state index contributed by atoms with van der Waals surface area (Å²) >= 11 is 0. The number of hydrogen-bond donors (Lipinski definition) is 1. The molecule has 2 rings (SSSR count). The van der Waals surface area contributed by atoms with Gasteiger partial charge in [-0.15, -0.1) is 0 Å². The van der Waals surface area contributed by atoms with Crippen LogP contribution in [0.15, 0.2) is 24.4 Å². The zero-order valence-electron chi connectivity index (χ0n) is 10.1. The van der Waals surface area contributed by atoms with Crippen LogP contribution in [0.2, 0.25) is 0 Å². The molecule has 2 aromatic rings. The molecule has 1 heterocycles. The molecule has 0 unspecified atom stereocenters. The van der Waals surface area contributed by atoms with Crippen LogP contribution in [0.25, 0.3) is 10.9 Å². The van der Waals surface area contributed by atoms with Gasteiger partial charge in [0.15, 0.2) is 0 Å². The van der Waals surface area contributed by atoms with Gasteiger partial charge in [0.25, 0.3) is 10.1 Å². The second kappa shape index (κ2) is 4.58. The van der Waals surface area contributed by atoms with Gasteiger partial charge in [-0.1, -0.05) is 0 Å². The Morgan fingerprint density at radius 3 is 2.89 bits per heavy atom. The normalized spacial score (nSPS) is 13.9. The van der Waals surface area contributed by atoms with Gasteiger partial charge in [0.2, 0.25) is 0 Å². The van der Waals surface area contributed by atoms with Gasteiger partial charge >= 0.3 is 0 Å². The molecule has 1 atom stereocenters. The van der Waals surface area contributed by atoms with E-state index in [0.29, 0.717) is 6.54 Å². The average Bonchev–Trinajstić information content (AvgIpc) is 2.58. The average molecular weight is 270 g/mol. The number of phenols is 1. The molecule has 0 aliphatic rings. The van der Waals surface area contributed by atoms with E-state index in [2.05, 4.69) is 5.10 Å². The molecule has 0 aliphatic carbocycles. The lowest BCUT2D eigenvalue weighted by Crippen LogP contribution is -2.20. The van der Waals surface area contributed by atoms with Crippen molar-refractivity contribution in [1.29, 1.82) is 0 Å². The Kier molecular flexibility index (Phi) is 3.27. The van der Waals surface area contributed by atoms with E-state index in [1.807, 2.05) is 0 Å². The zero-order valence-corrected chi connectivity index (χ0v) is 10.9. The molecule has 0 aliphatic heterocycles. The summed E-state index contributed by atoms with van der Waals surface area (Å²) in [5.74, 6) is 0.140. The summed E-state index contributed by atoms with van der Waals surface area (Å²) in [6.45, 7) is 1.94. The fourth-order valence-corrected chi connectivity index (χ4v) is 2.43. The van der Waals surface area contributed by atoms with Gasteiger partial charge in [-0.2, -0.15) is 13.5 Å². The first-order chi connectivity index (χ1) is 8.35. The zero-order chi connectivity index (χ0) is 13.3. The maximum atomic E-state index is 11.0. The molecule has 0 amide bonds. The van der Waals surface area contributed by atoms with Gasteiger partial charge < -0.3 is 5.11 Å². The van der Waals surface area contributed by atoms with E-state index >= 15 is 0 Å². The summed E-state index contributed by atoms with van der Waals surface area (Å²) in [5, 5.41) is 14.4. The minimum absolute atomic E-state index is 0.140. The topological polar surface area (TPSA) is 81.4 Å². The number of phenolic OH excluding ortho intramolecular Hbond substituents is 1. The predicted octanol–water partition coefficient (Wildman–Crippen LogP) is 1.11. The van der Waals surface area contributed by atoms with Crippen LogP contribution in [0.4, 0.5) is 0 Å². The van der Waals surface area contributed by atoms with Gasteiger partial charge in [-0.3, -0.25) is 8.86 Å². The number of hydrogen-bond acceptors (Lipinski definition) is 5. The second-order valence-electron chi connectivity index (χ2n) is 4.18. The summed E-state index contributed by atoms with van der Waals surface area (Å²) in [5.41, 5.74) is 0.735. The van der Waals surface area contributed by atoms with E-state index in [9.17, 15) is 13.5 Å². The highest BCUT2D eigenvalue weighted by Crippen LogP contribution is 2.20. The summed E-state index contributed by atoms with van der Waals surface area (Å²) in [6.07, 6.45) is 2.14. The highest BCUT2D eigenvalue weighted by Gasteiger charge is 2.13. The fraction of sp³-hybridized carbons (Fsp3) is 0.364. The largest absolute Gasteiger partial charge is 0.508 e. The number of nitrogens with zero attached hydrogens (tertiary/aromatic N) is 2. The molecular weight excluding hydrogens is 256 g/mol. The third-order valence-corrected chi connectivity index (χ3v) is 3.08. The van der Waals surface area contributed by atoms with Crippen molar-refractivity contribution in [3.63, 3.8) is 0 Å². The molecule has 6 nitrogen and oxygen atoms in total. The quantitative estimate of drug-likeness (QED) is 0.841. The van der Waals surface area contributed by atoms with Crippen LogP contribution in [0.5, 0.6) is 5.75 Å². The van der Waals surface area contributed by atoms with Gasteiger partial charge in [0, 0.05) is 11.5 Å². The molecule has 0 saturated heterocycles. The van der Waals surface area contributed by atoms with E-state index in [1.54, 1.807) is 36.0 Å². The highest BCUT2D eigenvalue weighted by molar-refractivity contribution is 7.86. The molecule has 1 N–H and O–H groups in total. The molecule has 7 heteroatoms. The molecule has 0 fully saturated rings. The molecule has 18 heavy (non-hydrogen) atoms. The fourth-order valence-electron chi connectivity index (χ4n) is 1.78. The number of rotatable bonds is 4. The SMILES string of the molecule is C[C@H](Cn1ncc2ccc(O)cc21)OS(C)(=O)=O. The lowest BCUT2D eigenvalue weighted by molar-refractivity contribution is 0.205. The van der Waals surface area contributed by atoms with Crippen LogP contribution >= 0.6 is 0 Å². The molecule has 1 aromatic carbocycles. The lowest BCUT2D eigenvalue weighted by atomic mass is 10.2. The van der Waals surface area contributed by atoms with Crippen LogP contribution in [0, 0.1) is 0 Å². The van der Waals surface area contributed by atoms with Crippen LogP contribution < -0.4 is 0 Å². The van der Waals surface area contributed by atoms with Crippen molar-refractivity contribution in [2.75, 3.05) is 6.26 Å². The number of aromatic hydroxyl groups is 1. The molecule has 0 spiro atoms. The Morgan fingerprint density at radius 2 is 2.22 bits per heavy atom. The van der Waals surface area contributed by atoms with Crippen molar-refractivity contribution < 1.29 is 17.7 Å². The first kappa shape index (κ1) is 12.8. The van der Waals surface area contributed by atoms with Crippen molar-refractivity contribution in [3.05, 3.63) is 24.4 Å². The van der Waals surface area contributed by atoms with Crippen LogP contribution in [-0.4, -0.2) is 35.7 Å². The van der Waals surface area contributed by atoms with Gasteiger partial charge in [0.1, 0.15) is 5.75 Å². The van der Waals surface area contributed by atoms with Crippen molar-refractivity contribution >= 4 is 21.0 Å². The van der Waals surface area contributed by atoms with Gasteiger partial charge in [-0.05, 0) is 19.1 Å². The number of benzene rings is 1. The van der Waals surface area contributed by atoms with E-state index in [1.165, 1.54) is 0 Å². The minimum Gasteiger partial charge on any atom is -0.508 e. The summed E-state index contributed by atoms with van der Waals surface area (Å²) in [6, 6.07) is 4.90. The minimum atomic E-state index is -3.48. The molecule has 98 valence electrons. The Morgan fingerprint density at radius 1 is 1.50 bits per heavy atom. The molecule has 0 saturated carbocycles. The van der Waals surface area contributed by atoms with Crippen molar-refractivity contribution in [2.45, 2.75) is 19.6 Å². The summed E-state index contributed by atoms with van der Waals surface area (Å²) in [4.78, 5) is 0. The smallest absolute Gasteiger partial charge is 0.264 e. The monoisotopic (exact) mass is 270 g/mol.